The molecule has 0 unspecified atom stereocenters. The van der Waals surface area contributed by atoms with Gasteiger partial charge in [-0.2, -0.15) is 4.98 Å². The number of aryl methyl sites for hydroxylation is 1. The summed E-state index contributed by atoms with van der Waals surface area (Å²) in [5.74, 6) is 1.55. The summed E-state index contributed by atoms with van der Waals surface area (Å²) >= 11 is 5.56. The molecule has 1 aromatic carbocycles. The van der Waals surface area contributed by atoms with E-state index >= 15 is 0 Å². The average Bonchev–Trinajstić information content (AvgIpc) is 2.84. The van der Waals surface area contributed by atoms with Gasteiger partial charge in [0.05, 0.1) is 11.4 Å². The van der Waals surface area contributed by atoms with Crippen LogP contribution >= 0.6 is 11.6 Å². The van der Waals surface area contributed by atoms with Gasteiger partial charge in [-0.15, -0.1) is 0 Å². The van der Waals surface area contributed by atoms with Crippen LogP contribution < -0.4 is 15.4 Å². The molecule has 0 bridgehead atoms. The predicted octanol–water partition coefficient (Wildman–Crippen LogP) is 3.19. The van der Waals surface area contributed by atoms with E-state index < -0.39 is 5.24 Å². The van der Waals surface area contributed by atoms with E-state index in [2.05, 4.69) is 14.8 Å². The van der Waals surface area contributed by atoms with Gasteiger partial charge in [-0.1, -0.05) is 6.07 Å². The molecule has 0 N–H and O–H groups in total. The average molecular weight is 461 g/mol. The van der Waals surface area contributed by atoms with E-state index in [1.807, 2.05) is 25.1 Å². The van der Waals surface area contributed by atoms with Crippen molar-refractivity contribution in [3.63, 3.8) is 0 Å². The van der Waals surface area contributed by atoms with Crippen molar-refractivity contribution in [1.29, 1.82) is 0 Å². The van der Waals surface area contributed by atoms with Crippen LogP contribution in [0.15, 0.2) is 65.6 Å². The highest BCUT2D eigenvalue weighted by Gasteiger charge is 2.21. The lowest BCUT2D eigenvalue weighted by atomic mass is 10.2. The first-order valence-corrected chi connectivity index (χ1v) is 11.0. The van der Waals surface area contributed by atoms with E-state index in [-0.39, 0.29) is 5.56 Å². The van der Waals surface area contributed by atoms with Gasteiger partial charge >= 0.3 is 0 Å². The molecule has 4 aromatic rings. The second-order valence-electron chi connectivity index (χ2n) is 7.84. The minimum absolute atomic E-state index is 0.212. The number of benzene rings is 1. The second kappa shape index (κ2) is 8.63. The van der Waals surface area contributed by atoms with Crippen molar-refractivity contribution in [3.8, 4) is 5.69 Å². The molecule has 1 saturated heterocycles. The summed E-state index contributed by atoms with van der Waals surface area (Å²) in [5.41, 5.74) is 2.09. The van der Waals surface area contributed by atoms with Gasteiger partial charge in [0.25, 0.3) is 10.8 Å². The molecular weight excluding hydrogens is 440 g/mol. The Morgan fingerprint density at radius 2 is 1.64 bits per heavy atom. The fourth-order valence-electron chi connectivity index (χ4n) is 4.06. The van der Waals surface area contributed by atoms with Crippen molar-refractivity contribution in [2.45, 2.75) is 6.92 Å². The van der Waals surface area contributed by atoms with Crippen molar-refractivity contribution in [3.05, 3.63) is 82.4 Å². The molecule has 0 saturated carbocycles. The molecule has 0 radical (unpaired) electrons. The van der Waals surface area contributed by atoms with Crippen molar-refractivity contribution in [1.82, 2.24) is 19.5 Å². The number of halogens is 1. The Hall–Kier alpha value is -3.78. The first-order chi connectivity index (χ1) is 16.0. The maximum Gasteiger partial charge on any atom is 0.256 e. The van der Waals surface area contributed by atoms with Gasteiger partial charge in [0.1, 0.15) is 5.82 Å². The fourth-order valence-corrected chi connectivity index (χ4v) is 4.19. The van der Waals surface area contributed by atoms with Crippen molar-refractivity contribution in [2.24, 2.45) is 0 Å². The normalized spacial score (nSPS) is 14.0. The topological polar surface area (TPSA) is 84.2 Å². The van der Waals surface area contributed by atoms with E-state index in [1.54, 1.807) is 41.1 Å². The number of rotatable bonds is 4. The van der Waals surface area contributed by atoms with Crippen LogP contribution in [-0.4, -0.2) is 50.9 Å². The van der Waals surface area contributed by atoms with Gasteiger partial charge in [0.2, 0.25) is 5.95 Å². The molecule has 3 aromatic heterocycles. The van der Waals surface area contributed by atoms with Crippen molar-refractivity contribution in [2.75, 3.05) is 36.0 Å². The van der Waals surface area contributed by atoms with Gasteiger partial charge in [-0.05, 0) is 61.0 Å². The first-order valence-electron chi connectivity index (χ1n) is 10.6. The summed E-state index contributed by atoms with van der Waals surface area (Å²) in [7, 11) is 0. The summed E-state index contributed by atoms with van der Waals surface area (Å²) < 4.78 is 1.54. The van der Waals surface area contributed by atoms with Crippen LogP contribution in [0.4, 0.5) is 11.8 Å². The molecule has 0 amide bonds. The van der Waals surface area contributed by atoms with Gasteiger partial charge in [-0.3, -0.25) is 14.2 Å². The molecular formula is C24H21ClN6O2. The quantitative estimate of drug-likeness (QED) is 0.432. The molecule has 9 heteroatoms. The van der Waals surface area contributed by atoms with Crippen LogP contribution in [0, 0.1) is 6.92 Å². The monoisotopic (exact) mass is 460 g/mol. The molecule has 166 valence electrons. The highest BCUT2D eigenvalue weighted by molar-refractivity contribution is 6.67. The fraction of sp³-hybridized carbons (Fsp3) is 0.208. The Bertz CT molecular complexity index is 1380. The Balaban J connectivity index is 1.51. The zero-order valence-electron chi connectivity index (χ0n) is 18.0. The molecule has 8 nitrogen and oxygen atoms in total. The summed E-state index contributed by atoms with van der Waals surface area (Å²) in [6.45, 7) is 5.00. The van der Waals surface area contributed by atoms with Gasteiger partial charge in [-0.25, -0.2) is 9.97 Å². The molecule has 4 heterocycles. The Morgan fingerprint density at radius 1 is 0.909 bits per heavy atom. The number of anilines is 2. The smallest absolute Gasteiger partial charge is 0.256 e. The van der Waals surface area contributed by atoms with E-state index in [4.69, 9.17) is 21.6 Å². The zero-order valence-corrected chi connectivity index (χ0v) is 18.7. The van der Waals surface area contributed by atoms with Crippen molar-refractivity contribution >= 4 is 39.6 Å². The standard InChI is InChI=1S/C24H21ClN6O2/c1-16-19-9-10-21(32)31(18-7-5-17(6-8-18)22(25)33)23(19)28-24(27-16)30-14-12-29(13-15-30)20-4-2-3-11-26-20/h2-11H,12-15H2,1H3. The minimum Gasteiger partial charge on any atom is -0.353 e. The molecule has 1 aliphatic rings. The van der Waals surface area contributed by atoms with Crippen LogP contribution in [0.5, 0.6) is 0 Å². The van der Waals surface area contributed by atoms with Gasteiger partial charge in [0, 0.05) is 49.4 Å². The molecule has 0 aliphatic carbocycles. The third kappa shape index (κ3) is 4.05. The van der Waals surface area contributed by atoms with E-state index in [0.717, 1.165) is 43.1 Å². The third-order valence-corrected chi connectivity index (χ3v) is 6.04. The molecule has 0 spiro atoms. The zero-order chi connectivity index (χ0) is 22.9. The maximum atomic E-state index is 12.8. The van der Waals surface area contributed by atoms with Crippen LogP contribution in [0.1, 0.15) is 16.1 Å². The summed E-state index contributed by atoms with van der Waals surface area (Å²) in [5, 5.41) is 0.250. The first kappa shape index (κ1) is 21.1. The summed E-state index contributed by atoms with van der Waals surface area (Å²) in [4.78, 5) is 42.6. The number of carbonyl (C=O) groups excluding carboxylic acids is 1. The molecule has 5 rings (SSSR count). The van der Waals surface area contributed by atoms with Gasteiger partial charge in [0.15, 0.2) is 5.65 Å². The lowest BCUT2D eigenvalue weighted by Crippen LogP contribution is -2.47. The van der Waals surface area contributed by atoms with E-state index in [0.29, 0.717) is 22.8 Å². The molecule has 1 fully saturated rings. The van der Waals surface area contributed by atoms with Crippen LogP contribution in [-0.2, 0) is 0 Å². The van der Waals surface area contributed by atoms with E-state index in [1.165, 1.54) is 6.07 Å². The number of aromatic nitrogens is 4. The summed E-state index contributed by atoms with van der Waals surface area (Å²) in [6.07, 6.45) is 1.80. The number of carbonyl (C=O) groups is 1. The van der Waals surface area contributed by atoms with Crippen LogP contribution in [0.3, 0.4) is 0 Å². The number of piperazine rings is 1. The lowest BCUT2D eigenvalue weighted by Gasteiger charge is -2.35. The predicted molar refractivity (Wildman–Crippen MR) is 129 cm³/mol. The van der Waals surface area contributed by atoms with Crippen molar-refractivity contribution < 1.29 is 4.79 Å². The molecule has 0 atom stereocenters. The lowest BCUT2D eigenvalue weighted by molar-refractivity contribution is 0.108. The molecule has 33 heavy (non-hydrogen) atoms. The van der Waals surface area contributed by atoms with Crippen LogP contribution in [0.25, 0.3) is 16.7 Å². The number of hydrogen-bond donors (Lipinski definition) is 0. The third-order valence-electron chi connectivity index (χ3n) is 5.82. The Kier molecular flexibility index (Phi) is 5.51. The number of fused-ring (bicyclic) bond motifs is 1. The highest BCUT2D eigenvalue weighted by atomic mass is 35.5. The summed E-state index contributed by atoms with van der Waals surface area (Å²) in [6, 6.07) is 15.7. The highest BCUT2D eigenvalue weighted by Crippen LogP contribution is 2.22. The minimum atomic E-state index is -0.544. The number of pyridine rings is 2. The Labute approximate surface area is 195 Å². The largest absolute Gasteiger partial charge is 0.353 e. The second-order valence-corrected chi connectivity index (χ2v) is 8.18. The van der Waals surface area contributed by atoms with Gasteiger partial charge < -0.3 is 9.80 Å². The molecule has 1 aliphatic heterocycles. The van der Waals surface area contributed by atoms with Crippen LogP contribution in [0.2, 0.25) is 0 Å². The SMILES string of the molecule is Cc1nc(N2CCN(c3ccccn3)CC2)nc2c1ccc(=O)n2-c1ccc(C(=O)Cl)cc1. The maximum absolute atomic E-state index is 12.8. The Morgan fingerprint density at radius 3 is 2.30 bits per heavy atom. The van der Waals surface area contributed by atoms with E-state index in [9.17, 15) is 9.59 Å². The number of hydrogen-bond acceptors (Lipinski definition) is 7. The number of nitrogens with zero attached hydrogens (tertiary/aromatic N) is 6.